The average molecular weight is 252 g/mol. The Morgan fingerprint density at radius 1 is 1.56 bits per heavy atom. The largest absolute Gasteiger partial charge is 0.394 e. The third-order valence-corrected chi connectivity index (χ3v) is 4.47. The van der Waals surface area contributed by atoms with Gasteiger partial charge in [0.1, 0.15) is 6.61 Å². The minimum absolute atomic E-state index is 0.0827. The second-order valence-corrected chi connectivity index (χ2v) is 5.69. The van der Waals surface area contributed by atoms with Gasteiger partial charge in [-0.05, 0) is 12.8 Å². The summed E-state index contributed by atoms with van der Waals surface area (Å²) in [6.45, 7) is 7.40. The van der Waals surface area contributed by atoms with Crippen LogP contribution in [0.1, 0.15) is 12.8 Å². The van der Waals surface area contributed by atoms with Crippen LogP contribution in [0.2, 0.25) is 0 Å². The zero-order valence-electron chi connectivity index (χ0n) is 10.6. The molecule has 0 spiro atoms. The summed E-state index contributed by atoms with van der Waals surface area (Å²) in [5.41, 5.74) is 1.02. The normalized spacial score (nSPS) is 37.4. The maximum atomic E-state index is 11.9. The van der Waals surface area contributed by atoms with Crippen LogP contribution in [0.4, 0.5) is 0 Å². The van der Waals surface area contributed by atoms with Crippen LogP contribution in [0, 0.1) is 0 Å². The second-order valence-electron chi connectivity index (χ2n) is 5.69. The summed E-state index contributed by atoms with van der Waals surface area (Å²) < 4.78 is 5.17. The first-order valence-corrected chi connectivity index (χ1v) is 6.54. The molecule has 5 nitrogen and oxygen atoms in total. The molecule has 0 aromatic heterocycles. The van der Waals surface area contributed by atoms with Crippen LogP contribution in [0.25, 0.3) is 0 Å². The monoisotopic (exact) mass is 252 g/mol. The summed E-state index contributed by atoms with van der Waals surface area (Å²) in [4.78, 5) is 16.1. The third kappa shape index (κ3) is 1.77. The fourth-order valence-electron chi connectivity index (χ4n) is 3.63. The van der Waals surface area contributed by atoms with Crippen LogP contribution < -0.4 is 0 Å². The van der Waals surface area contributed by atoms with Crippen molar-refractivity contribution in [3.8, 4) is 0 Å². The lowest BCUT2D eigenvalue weighted by molar-refractivity contribution is -0.145. The van der Waals surface area contributed by atoms with E-state index in [4.69, 9.17) is 4.74 Å². The summed E-state index contributed by atoms with van der Waals surface area (Å²) in [5, 5.41) is 9.72. The molecule has 0 aromatic rings. The van der Waals surface area contributed by atoms with Gasteiger partial charge in [-0.2, -0.15) is 0 Å². The van der Waals surface area contributed by atoms with Crippen molar-refractivity contribution >= 4 is 5.91 Å². The molecule has 3 rings (SSSR count). The van der Waals surface area contributed by atoms with E-state index in [0.29, 0.717) is 13.2 Å². The molecule has 3 saturated heterocycles. The van der Waals surface area contributed by atoms with Gasteiger partial charge in [0.2, 0.25) is 5.91 Å². The van der Waals surface area contributed by atoms with E-state index in [1.165, 1.54) is 5.57 Å². The highest BCUT2D eigenvalue weighted by Crippen LogP contribution is 2.42. The number of aliphatic hydroxyl groups is 1. The molecular formula is C13H20N2O3. The van der Waals surface area contributed by atoms with Crippen molar-refractivity contribution in [1.82, 2.24) is 9.80 Å². The van der Waals surface area contributed by atoms with Gasteiger partial charge in [-0.15, -0.1) is 0 Å². The summed E-state index contributed by atoms with van der Waals surface area (Å²) in [6.07, 6.45) is 1.72. The van der Waals surface area contributed by atoms with E-state index in [1.54, 1.807) is 0 Å². The number of carbonyl (C=O) groups is 1. The van der Waals surface area contributed by atoms with Gasteiger partial charge in [0.25, 0.3) is 0 Å². The summed E-state index contributed by atoms with van der Waals surface area (Å²) in [6, 6.07) is 0.224. The van der Waals surface area contributed by atoms with E-state index in [1.807, 2.05) is 4.90 Å². The molecule has 3 aliphatic rings. The third-order valence-electron chi connectivity index (χ3n) is 4.47. The smallest absolute Gasteiger partial charge is 0.248 e. The summed E-state index contributed by atoms with van der Waals surface area (Å²) in [7, 11) is 0. The summed E-state index contributed by atoms with van der Waals surface area (Å²) >= 11 is 0. The van der Waals surface area contributed by atoms with Crippen LogP contribution in [0.5, 0.6) is 0 Å². The standard InChI is InChI=1S/C13H20N2O3/c1-10-4-13(9-16)5-11(7-14(13)6-10)15-2-3-18-8-12(15)17/h11,16H,1-9H2/t11-,13?/m1/s1. The Morgan fingerprint density at radius 3 is 3.06 bits per heavy atom. The Kier molecular flexibility index (Phi) is 2.92. The molecule has 1 amide bonds. The number of nitrogens with zero attached hydrogens (tertiary/aromatic N) is 2. The van der Waals surface area contributed by atoms with Crippen LogP contribution in [0.15, 0.2) is 12.2 Å². The van der Waals surface area contributed by atoms with Crippen LogP contribution in [-0.4, -0.2) is 71.8 Å². The molecule has 5 heteroatoms. The van der Waals surface area contributed by atoms with Gasteiger partial charge in [0.05, 0.1) is 18.8 Å². The van der Waals surface area contributed by atoms with E-state index in [-0.39, 0.29) is 30.7 Å². The number of amides is 1. The molecule has 0 radical (unpaired) electrons. The van der Waals surface area contributed by atoms with Gasteiger partial charge in [-0.25, -0.2) is 0 Å². The predicted octanol–water partition coefficient (Wildman–Crippen LogP) is -0.389. The maximum Gasteiger partial charge on any atom is 0.248 e. The Bertz CT molecular complexity index is 384. The predicted molar refractivity (Wildman–Crippen MR) is 66.1 cm³/mol. The Labute approximate surface area is 107 Å². The highest BCUT2D eigenvalue weighted by molar-refractivity contribution is 5.78. The highest BCUT2D eigenvalue weighted by Gasteiger charge is 2.51. The molecule has 18 heavy (non-hydrogen) atoms. The van der Waals surface area contributed by atoms with Gasteiger partial charge in [-0.3, -0.25) is 9.69 Å². The van der Waals surface area contributed by atoms with Gasteiger partial charge in [0.15, 0.2) is 0 Å². The van der Waals surface area contributed by atoms with Crippen LogP contribution in [-0.2, 0) is 9.53 Å². The van der Waals surface area contributed by atoms with Gasteiger partial charge in [0, 0.05) is 25.7 Å². The number of ether oxygens (including phenoxy) is 1. The van der Waals surface area contributed by atoms with Crippen LogP contribution in [0.3, 0.4) is 0 Å². The first-order valence-electron chi connectivity index (χ1n) is 6.54. The lowest BCUT2D eigenvalue weighted by Gasteiger charge is -2.33. The van der Waals surface area contributed by atoms with E-state index in [9.17, 15) is 9.90 Å². The lowest BCUT2D eigenvalue weighted by atomic mass is 9.92. The topological polar surface area (TPSA) is 53.0 Å². The number of aliphatic hydroxyl groups excluding tert-OH is 1. The minimum Gasteiger partial charge on any atom is -0.394 e. The van der Waals surface area contributed by atoms with Crippen molar-refractivity contribution < 1.29 is 14.6 Å². The van der Waals surface area contributed by atoms with Crippen LogP contribution >= 0.6 is 0 Å². The Balaban J connectivity index is 1.75. The fourth-order valence-corrected chi connectivity index (χ4v) is 3.63. The molecule has 1 N–H and O–H groups in total. The Morgan fingerprint density at radius 2 is 2.39 bits per heavy atom. The van der Waals surface area contributed by atoms with Crippen molar-refractivity contribution in [2.75, 3.05) is 39.5 Å². The minimum atomic E-state index is -0.166. The van der Waals surface area contributed by atoms with E-state index >= 15 is 0 Å². The fraction of sp³-hybridized carbons (Fsp3) is 0.769. The van der Waals surface area contributed by atoms with Crippen molar-refractivity contribution in [3.05, 3.63) is 12.2 Å². The molecule has 1 unspecified atom stereocenters. The number of rotatable bonds is 2. The second kappa shape index (κ2) is 4.33. The molecule has 0 aromatic carbocycles. The maximum absolute atomic E-state index is 11.9. The lowest BCUT2D eigenvalue weighted by Crippen LogP contribution is -2.48. The number of hydrogen-bond donors (Lipinski definition) is 1. The molecule has 0 aliphatic carbocycles. The molecule has 2 atom stereocenters. The Hall–Kier alpha value is -0.910. The zero-order valence-corrected chi connectivity index (χ0v) is 10.6. The molecule has 3 heterocycles. The zero-order chi connectivity index (χ0) is 12.8. The highest BCUT2D eigenvalue weighted by atomic mass is 16.5. The SMILES string of the molecule is C=C1CN2C[C@H](N3CCOCC3=O)CC2(CO)C1. The molecule has 100 valence electrons. The molecular weight excluding hydrogens is 232 g/mol. The molecule has 0 bridgehead atoms. The van der Waals surface area contributed by atoms with E-state index in [2.05, 4.69) is 11.5 Å². The molecule has 3 fully saturated rings. The van der Waals surface area contributed by atoms with Gasteiger partial charge >= 0.3 is 0 Å². The quantitative estimate of drug-likeness (QED) is 0.680. The van der Waals surface area contributed by atoms with Gasteiger partial charge in [-0.1, -0.05) is 12.2 Å². The van der Waals surface area contributed by atoms with Crippen molar-refractivity contribution in [2.24, 2.45) is 0 Å². The van der Waals surface area contributed by atoms with Crippen molar-refractivity contribution in [2.45, 2.75) is 24.4 Å². The number of hydrogen-bond acceptors (Lipinski definition) is 4. The van der Waals surface area contributed by atoms with E-state index in [0.717, 1.165) is 25.9 Å². The van der Waals surface area contributed by atoms with E-state index < -0.39 is 0 Å². The van der Waals surface area contributed by atoms with Crippen molar-refractivity contribution in [3.63, 3.8) is 0 Å². The first-order chi connectivity index (χ1) is 8.64. The average Bonchev–Trinajstić information content (AvgIpc) is 2.82. The number of morpholine rings is 1. The first kappa shape index (κ1) is 12.1. The number of fused-ring (bicyclic) bond motifs is 1. The molecule has 3 aliphatic heterocycles. The van der Waals surface area contributed by atoms with Gasteiger partial charge < -0.3 is 14.7 Å². The number of carbonyl (C=O) groups excluding carboxylic acids is 1. The van der Waals surface area contributed by atoms with Crippen molar-refractivity contribution in [1.29, 1.82) is 0 Å². The summed E-state index contributed by atoms with van der Waals surface area (Å²) in [5.74, 6) is 0.0827. The molecule has 0 saturated carbocycles.